The summed E-state index contributed by atoms with van der Waals surface area (Å²) < 4.78 is 5.46. The minimum atomic E-state index is -0.388. The van der Waals surface area contributed by atoms with Crippen molar-refractivity contribution in [3.05, 3.63) is 40.0 Å². The van der Waals surface area contributed by atoms with Crippen molar-refractivity contribution in [1.29, 1.82) is 0 Å². The molecule has 150 valence electrons. The highest BCUT2D eigenvalue weighted by atomic mass is 32.1. The number of thiazole rings is 1. The number of nitrogens with one attached hydrogen (secondary N) is 2. The molecule has 0 unspecified atom stereocenters. The van der Waals surface area contributed by atoms with Gasteiger partial charge in [0, 0.05) is 17.7 Å². The average Bonchev–Trinajstić information content (AvgIpc) is 3.38. The van der Waals surface area contributed by atoms with Crippen LogP contribution < -0.4 is 10.6 Å². The van der Waals surface area contributed by atoms with E-state index in [2.05, 4.69) is 20.6 Å². The Morgan fingerprint density at radius 2 is 2.14 bits per heavy atom. The zero-order chi connectivity index (χ0) is 20.1. The minimum absolute atomic E-state index is 0.113. The maximum Gasteiger partial charge on any atom is 0.276 e. The Labute approximate surface area is 168 Å². The zero-order valence-electron chi connectivity index (χ0n) is 16.4. The first kappa shape index (κ1) is 20.4. The molecule has 0 aliphatic carbocycles. The van der Waals surface area contributed by atoms with Crippen LogP contribution in [-0.4, -0.2) is 34.5 Å². The molecular formula is C20H26N4O3S. The van der Waals surface area contributed by atoms with Crippen LogP contribution in [-0.2, 0) is 16.0 Å². The lowest BCUT2D eigenvalue weighted by Gasteiger charge is -2.22. The minimum Gasteiger partial charge on any atom is -0.368 e. The van der Waals surface area contributed by atoms with Crippen LogP contribution in [0.25, 0.3) is 0 Å². The fraction of sp³-hybridized carbons (Fsp3) is 0.500. The van der Waals surface area contributed by atoms with Gasteiger partial charge in [0.2, 0.25) is 5.91 Å². The molecule has 3 heterocycles. The molecule has 0 aromatic carbocycles. The summed E-state index contributed by atoms with van der Waals surface area (Å²) in [7, 11) is 0. The van der Waals surface area contributed by atoms with Crippen molar-refractivity contribution >= 4 is 29.0 Å². The summed E-state index contributed by atoms with van der Waals surface area (Å²) in [5.41, 5.74) is 1.23. The van der Waals surface area contributed by atoms with Crippen LogP contribution in [0.15, 0.2) is 23.6 Å². The summed E-state index contributed by atoms with van der Waals surface area (Å²) in [5.74, 6) is 0.218. The molecule has 1 fully saturated rings. The highest BCUT2D eigenvalue weighted by Crippen LogP contribution is 2.26. The van der Waals surface area contributed by atoms with Gasteiger partial charge in [-0.05, 0) is 37.3 Å². The third-order valence-electron chi connectivity index (χ3n) is 4.62. The lowest BCUT2D eigenvalue weighted by atomic mass is 10.0. The van der Waals surface area contributed by atoms with E-state index in [1.807, 2.05) is 32.9 Å². The molecule has 0 spiro atoms. The molecule has 1 saturated heterocycles. The van der Waals surface area contributed by atoms with Crippen molar-refractivity contribution in [2.75, 3.05) is 11.9 Å². The van der Waals surface area contributed by atoms with Crippen molar-refractivity contribution in [2.24, 2.45) is 5.92 Å². The lowest BCUT2D eigenvalue weighted by molar-refractivity contribution is -0.131. The molecule has 1 aliphatic rings. The molecule has 2 aromatic heterocycles. The summed E-state index contributed by atoms with van der Waals surface area (Å²) in [4.78, 5) is 33.8. The molecular weight excluding hydrogens is 376 g/mol. The average molecular weight is 403 g/mol. The third kappa shape index (κ3) is 4.94. The number of aromatic nitrogens is 2. The molecule has 2 atom stereocenters. The number of amides is 2. The number of rotatable bonds is 7. The van der Waals surface area contributed by atoms with Gasteiger partial charge in [-0.2, -0.15) is 0 Å². The van der Waals surface area contributed by atoms with E-state index < -0.39 is 0 Å². The van der Waals surface area contributed by atoms with E-state index in [0.29, 0.717) is 23.1 Å². The largest absolute Gasteiger partial charge is 0.368 e. The molecule has 3 rings (SSSR count). The number of anilines is 1. The second kappa shape index (κ2) is 9.25. The fourth-order valence-electron chi connectivity index (χ4n) is 3.01. The van der Waals surface area contributed by atoms with Gasteiger partial charge >= 0.3 is 0 Å². The molecule has 28 heavy (non-hydrogen) atoms. The van der Waals surface area contributed by atoms with Crippen LogP contribution in [0.5, 0.6) is 0 Å². The number of ether oxygens (including phenoxy) is 1. The van der Waals surface area contributed by atoms with Crippen LogP contribution in [0.3, 0.4) is 0 Å². The van der Waals surface area contributed by atoms with Gasteiger partial charge in [-0.3, -0.25) is 9.59 Å². The van der Waals surface area contributed by atoms with Gasteiger partial charge in [-0.15, -0.1) is 11.3 Å². The summed E-state index contributed by atoms with van der Waals surface area (Å²) in [6, 6.07) is 5.28. The Bertz CT molecular complexity index is 830. The van der Waals surface area contributed by atoms with Gasteiger partial charge in [0.05, 0.1) is 6.04 Å². The van der Waals surface area contributed by atoms with Gasteiger partial charge in [0.1, 0.15) is 22.6 Å². The van der Waals surface area contributed by atoms with E-state index in [4.69, 9.17) is 4.74 Å². The predicted molar refractivity (Wildman–Crippen MR) is 108 cm³/mol. The van der Waals surface area contributed by atoms with Crippen molar-refractivity contribution in [3.8, 4) is 0 Å². The van der Waals surface area contributed by atoms with E-state index in [-0.39, 0.29) is 29.9 Å². The number of carbonyl (C=O) groups is 2. The highest BCUT2D eigenvalue weighted by Gasteiger charge is 2.29. The maximum absolute atomic E-state index is 12.5. The monoisotopic (exact) mass is 402 g/mol. The molecule has 7 nitrogen and oxygen atoms in total. The fourth-order valence-corrected chi connectivity index (χ4v) is 4.03. The normalized spacial score (nSPS) is 17.5. The standard InChI is InChI=1S/C20H26N4O3S/c1-4-13-7-5-9-16(21-13)23-18(25)14-11-28-20(22-14)17(12(2)3)24-19(26)15-8-6-10-27-15/h5,7,9,11-12,15,17H,4,6,8,10H2,1-3H3,(H,24,26)(H,21,23,25)/t15-,17-/m0/s1. The quantitative estimate of drug-likeness (QED) is 0.741. The SMILES string of the molecule is CCc1cccc(NC(=O)c2csc([C@@H](NC(=O)[C@@H]3CCCO3)C(C)C)n2)n1. The first-order valence-electron chi connectivity index (χ1n) is 9.62. The number of carbonyl (C=O) groups excluding carboxylic acids is 2. The van der Waals surface area contributed by atoms with E-state index in [0.717, 1.165) is 25.0 Å². The number of hydrogen-bond donors (Lipinski definition) is 2. The maximum atomic E-state index is 12.5. The molecule has 2 N–H and O–H groups in total. The molecule has 0 radical (unpaired) electrons. The molecule has 8 heteroatoms. The smallest absolute Gasteiger partial charge is 0.276 e. The summed E-state index contributed by atoms with van der Waals surface area (Å²) >= 11 is 1.37. The Kier molecular flexibility index (Phi) is 6.74. The second-order valence-electron chi connectivity index (χ2n) is 7.12. The first-order chi connectivity index (χ1) is 13.5. The van der Waals surface area contributed by atoms with Crippen molar-refractivity contribution in [2.45, 2.75) is 52.2 Å². The highest BCUT2D eigenvalue weighted by molar-refractivity contribution is 7.10. The number of hydrogen-bond acceptors (Lipinski definition) is 6. The van der Waals surface area contributed by atoms with Crippen LogP contribution in [0.4, 0.5) is 5.82 Å². The lowest BCUT2D eigenvalue weighted by Crippen LogP contribution is -2.38. The zero-order valence-corrected chi connectivity index (χ0v) is 17.2. The Hall–Kier alpha value is -2.32. The summed E-state index contributed by atoms with van der Waals surface area (Å²) in [5, 5.41) is 8.24. The van der Waals surface area contributed by atoms with Gasteiger partial charge < -0.3 is 15.4 Å². The van der Waals surface area contributed by atoms with Crippen LogP contribution in [0.1, 0.15) is 60.8 Å². The van der Waals surface area contributed by atoms with Gasteiger partial charge in [0.25, 0.3) is 5.91 Å². The summed E-state index contributed by atoms with van der Waals surface area (Å²) in [6.07, 6.45) is 2.05. The molecule has 1 aliphatic heterocycles. The first-order valence-corrected chi connectivity index (χ1v) is 10.5. The van der Waals surface area contributed by atoms with E-state index in [1.165, 1.54) is 11.3 Å². The van der Waals surface area contributed by atoms with Crippen molar-refractivity contribution < 1.29 is 14.3 Å². The van der Waals surface area contributed by atoms with Gasteiger partial charge in [0.15, 0.2) is 0 Å². The number of nitrogens with zero attached hydrogens (tertiary/aromatic N) is 2. The van der Waals surface area contributed by atoms with Crippen molar-refractivity contribution in [1.82, 2.24) is 15.3 Å². The Morgan fingerprint density at radius 1 is 1.32 bits per heavy atom. The second-order valence-corrected chi connectivity index (χ2v) is 8.01. The third-order valence-corrected chi connectivity index (χ3v) is 5.55. The van der Waals surface area contributed by atoms with Crippen molar-refractivity contribution in [3.63, 3.8) is 0 Å². The number of pyridine rings is 1. The van der Waals surface area contributed by atoms with Crippen LogP contribution in [0.2, 0.25) is 0 Å². The number of aryl methyl sites for hydroxylation is 1. The van der Waals surface area contributed by atoms with E-state index >= 15 is 0 Å². The van der Waals surface area contributed by atoms with Crippen LogP contribution >= 0.6 is 11.3 Å². The Balaban J connectivity index is 1.69. The van der Waals surface area contributed by atoms with Gasteiger partial charge in [-0.25, -0.2) is 9.97 Å². The van der Waals surface area contributed by atoms with E-state index in [1.54, 1.807) is 11.4 Å². The topological polar surface area (TPSA) is 93.2 Å². The Morgan fingerprint density at radius 3 is 2.82 bits per heavy atom. The van der Waals surface area contributed by atoms with Gasteiger partial charge in [-0.1, -0.05) is 26.8 Å². The predicted octanol–water partition coefficient (Wildman–Crippen LogP) is 3.35. The molecule has 2 aromatic rings. The van der Waals surface area contributed by atoms with Crippen LogP contribution in [0, 0.1) is 5.92 Å². The van der Waals surface area contributed by atoms with E-state index in [9.17, 15) is 9.59 Å². The molecule has 0 saturated carbocycles. The summed E-state index contributed by atoms with van der Waals surface area (Å²) in [6.45, 7) is 6.67. The molecule has 0 bridgehead atoms. The molecule has 2 amide bonds.